The highest BCUT2D eigenvalue weighted by Crippen LogP contribution is 2.36. The molecular weight excluding hydrogens is 571 g/mol. The van der Waals surface area contributed by atoms with Gasteiger partial charge in [0.2, 0.25) is 0 Å². The van der Waals surface area contributed by atoms with Crippen molar-refractivity contribution in [2.24, 2.45) is 59.2 Å². The SMILES string of the molecule is CC(C)C1CCC(C(C)C)CC1.CC(C)C1CCCN(C(C)C)C1.CC(C)C1CCN(C(C)C)C1.CC(C)C1CCN(C(C)C)CC1. The Hall–Kier alpha value is -0.120. The molecule has 0 amide bonds. The van der Waals surface area contributed by atoms with Gasteiger partial charge in [-0.05, 0) is 185 Å². The second-order valence-electron chi connectivity index (χ2n) is 19.0. The number of rotatable bonds is 8. The van der Waals surface area contributed by atoms with Gasteiger partial charge in [0.15, 0.2) is 0 Å². The first kappa shape index (κ1) is 44.9. The molecule has 0 aromatic carbocycles. The van der Waals surface area contributed by atoms with Crippen molar-refractivity contribution >= 4 is 0 Å². The minimum absolute atomic E-state index is 0.742. The van der Waals surface area contributed by atoms with Crippen molar-refractivity contribution < 1.29 is 0 Å². The van der Waals surface area contributed by atoms with Crippen LogP contribution in [0.3, 0.4) is 0 Å². The van der Waals surface area contributed by atoms with Gasteiger partial charge >= 0.3 is 0 Å². The van der Waals surface area contributed by atoms with E-state index >= 15 is 0 Å². The first-order valence-electron chi connectivity index (χ1n) is 21.2. The summed E-state index contributed by atoms with van der Waals surface area (Å²) in [5.74, 6) is 9.40. The average Bonchev–Trinajstić information content (AvgIpc) is 3.54. The van der Waals surface area contributed by atoms with Gasteiger partial charge in [-0.3, -0.25) is 0 Å². The Morgan fingerprint density at radius 2 is 0.574 bits per heavy atom. The van der Waals surface area contributed by atoms with Gasteiger partial charge in [0.05, 0.1) is 0 Å². The van der Waals surface area contributed by atoms with E-state index in [1.54, 1.807) is 0 Å². The van der Waals surface area contributed by atoms with Crippen LogP contribution in [0.25, 0.3) is 0 Å². The summed E-state index contributed by atoms with van der Waals surface area (Å²) in [6.45, 7) is 45.4. The van der Waals surface area contributed by atoms with Crippen molar-refractivity contribution in [3.63, 3.8) is 0 Å². The minimum Gasteiger partial charge on any atom is -0.301 e. The Morgan fingerprint density at radius 1 is 0.298 bits per heavy atom. The van der Waals surface area contributed by atoms with Crippen LogP contribution in [0.5, 0.6) is 0 Å². The third-order valence-corrected chi connectivity index (χ3v) is 13.0. The van der Waals surface area contributed by atoms with Gasteiger partial charge in [-0.1, -0.05) is 69.2 Å². The summed E-state index contributed by atoms with van der Waals surface area (Å²) in [5.41, 5.74) is 0. The number of hydrogen-bond acceptors (Lipinski definition) is 3. The van der Waals surface area contributed by atoms with E-state index in [2.05, 4.69) is 125 Å². The highest BCUT2D eigenvalue weighted by atomic mass is 15.2. The van der Waals surface area contributed by atoms with Crippen LogP contribution in [-0.4, -0.2) is 72.1 Å². The zero-order valence-corrected chi connectivity index (χ0v) is 35.5. The maximum Gasteiger partial charge on any atom is 0.00387 e. The Morgan fingerprint density at radius 3 is 0.872 bits per heavy atom. The number of hydrogen-bond donors (Lipinski definition) is 0. The van der Waals surface area contributed by atoms with E-state index in [9.17, 15) is 0 Å². The highest BCUT2D eigenvalue weighted by Gasteiger charge is 2.27. The van der Waals surface area contributed by atoms with E-state index in [1.807, 2.05) is 0 Å². The molecular formula is C44H91N3. The Labute approximate surface area is 299 Å². The molecule has 0 radical (unpaired) electrons. The van der Waals surface area contributed by atoms with E-state index in [-0.39, 0.29) is 0 Å². The Kier molecular flexibility index (Phi) is 22.3. The van der Waals surface area contributed by atoms with Crippen LogP contribution in [0.2, 0.25) is 0 Å². The standard InChI is InChI=1S/C12H24.2C11H23N.C10H21N/c2*1-9(2)11-5-7-12(8-6-11)10(3)4;1-9(2)11-6-5-7-12(8-11)10(3)4;1-8(2)10-5-6-11(7-10)9(3)4/h9-12H,5-8H2,1-4H3;2*9-11H,5-8H2,1-4H3;8-10H,5-7H2,1-4H3. The quantitative estimate of drug-likeness (QED) is 0.256. The molecule has 4 fully saturated rings. The van der Waals surface area contributed by atoms with Crippen LogP contribution in [0.4, 0.5) is 0 Å². The molecule has 3 saturated heterocycles. The van der Waals surface area contributed by atoms with Gasteiger partial charge in [0, 0.05) is 31.2 Å². The summed E-state index contributed by atoms with van der Waals surface area (Å²) in [5, 5.41) is 0. The first-order valence-corrected chi connectivity index (χ1v) is 21.2. The van der Waals surface area contributed by atoms with Crippen LogP contribution >= 0.6 is 0 Å². The molecule has 3 heterocycles. The zero-order valence-electron chi connectivity index (χ0n) is 35.5. The molecule has 0 N–H and O–H groups in total. The van der Waals surface area contributed by atoms with Crippen LogP contribution < -0.4 is 0 Å². The number of nitrogens with zero attached hydrogens (tertiary/aromatic N) is 3. The summed E-state index contributed by atoms with van der Waals surface area (Å²) in [7, 11) is 0. The molecule has 47 heavy (non-hydrogen) atoms. The van der Waals surface area contributed by atoms with Crippen molar-refractivity contribution in [1.29, 1.82) is 0 Å². The maximum absolute atomic E-state index is 2.62. The van der Waals surface area contributed by atoms with Crippen LogP contribution in [0.1, 0.15) is 169 Å². The molecule has 3 heteroatoms. The van der Waals surface area contributed by atoms with Crippen molar-refractivity contribution in [2.45, 2.75) is 187 Å². The smallest absolute Gasteiger partial charge is 0.00387 e. The van der Waals surface area contributed by atoms with Crippen LogP contribution in [0.15, 0.2) is 0 Å². The average molecular weight is 662 g/mol. The Bertz CT molecular complexity index is 645. The maximum atomic E-state index is 2.62. The van der Waals surface area contributed by atoms with Crippen molar-refractivity contribution in [3.8, 4) is 0 Å². The normalized spacial score (nSPS) is 27.1. The van der Waals surface area contributed by atoms with Gasteiger partial charge in [-0.15, -0.1) is 0 Å². The van der Waals surface area contributed by atoms with Crippen molar-refractivity contribution in [3.05, 3.63) is 0 Å². The van der Waals surface area contributed by atoms with E-state index < -0.39 is 0 Å². The predicted molar refractivity (Wildman–Crippen MR) is 213 cm³/mol. The molecule has 282 valence electrons. The summed E-state index contributed by atoms with van der Waals surface area (Å²) in [6.07, 6.45) is 13.0. The van der Waals surface area contributed by atoms with Gasteiger partial charge in [0.1, 0.15) is 0 Å². The van der Waals surface area contributed by atoms with Crippen LogP contribution in [0, 0.1) is 59.2 Å². The van der Waals surface area contributed by atoms with Gasteiger partial charge in [-0.25, -0.2) is 0 Å². The lowest BCUT2D eigenvalue weighted by Crippen LogP contribution is -2.41. The molecule has 2 unspecified atom stereocenters. The molecule has 4 aliphatic rings. The molecule has 1 saturated carbocycles. The highest BCUT2D eigenvalue weighted by molar-refractivity contribution is 4.80. The summed E-state index contributed by atoms with van der Waals surface area (Å²) < 4.78 is 0. The van der Waals surface area contributed by atoms with E-state index in [0.717, 1.165) is 77.3 Å². The predicted octanol–water partition coefficient (Wildman–Crippen LogP) is 12.0. The van der Waals surface area contributed by atoms with E-state index in [4.69, 9.17) is 0 Å². The number of piperidine rings is 2. The summed E-state index contributed by atoms with van der Waals surface area (Å²) >= 11 is 0. The summed E-state index contributed by atoms with van der Waals surface area (Å²) in [4.78, 5) is 7.80. The monoisotopic (exact) mass is 662 g/mol. The van der Waals surface area contributed by atoms with Gasteiger partial charge < -0.3 is 14.7 Å². The molecule has 0 spiro atoms. The lowest BCUT2D eigenvalue weighted by atomic mass is 9.73. The van der Waals surface area contributed by atoms with E-state index in [1.165, 1.54) is 97.1 Å². The lowest BCUT2D eigenvalue weighted by Gasteiger charge is -2.37. The lowest BCUT2D eigenvalue weighted by molar-refractivity contribution is 0.117. The van der Waals surface area contributed by atoms with Gasteiger partial charge in [-0.2, -0.15) is 0 Å². The van der Waals surface area contributed by atoms with Gasteiger partial charge in [0.25, 0.3) is 0 Å². The topological polar surface area (TPSA) is 9.72 Å². The summed E-state index contributed by atoms with van der Waals surface area (Å²) in [6, 6.07) is 2.24. The third kappa shape index (κ3) is 17.6. The van der Waals surface area contributed by atoms with E-state index in [0.29, 0.717) is 0 Å². The first-order chi connectivity index (χ1) is 21.9. The fraction of sp³-hybridized carbons (Fsp3) is 1.00. The molecule has 0 aromatic rings. The molecule has 4 rings (SSSR count). The molecule has 1 aliphatic carbocycles. The van der Waals surface area contributed by atoms with Crippen LogP contribution in [-0.2, 0) is 0 Å². The molecule has 3 nitrogen and oxygen atoms in total. The molecule has 0 aromatic heterocycles. The Balaban J connectivity index is 0.000000314. The molecule has 2 atom stereocenters. The second kappa shape index (κ2) is 23.4. The van der Waals surface area contributed by atoms with Crippen molar-refractivity contribution in [2.75, 3.05) is 39.3 Å². The van der Waals surface area contributed by atoms with Crippen molar-refractivity contribution in [1.82, 2.24) is 14.7 Å². The number of likely N-dealkylation sites (tertiary alicyclic amines) is 3. The third-order valence-electron chi connectivity index (χ3n) is 13.0. The minimum atomic E-state index is 0.742. The fourth-order valence-electron chi connectivity index (χ4n) is 8.46. The second-order valence-corrected chi connectivity index (χ2v) is 19.0. The largest absolute Gasteiger partial charge is 0.301 e. The zero-order chi connectivity index (χ0) is 35.8. The fourth-order valence-corrected chi connectivity index (χ4v) is 8.46. The molecule has 0 bridgehead atoms. The molecule has 3 aliphatic heterocycles.